The minimum absolute atomic E-state index is 0.159. The number of nitrogens with zero attached hydrogens (tertiary/aromatic N) is 1. The normalized spacial score (nSPS) is 11.2. The van der Waals surface area contributed by atoms with Gasteiger partial charge in [0.1, 0.15) is 14.8 Å². The smallest absolute Gasteiger partial charge is 0.123 e. The molecule has 0 unspecified atom stereocenters. The second-order valence-corrected chi connectivity index (χ2v) is 6.70. The third kappa shape index (κ3) is 3.28. The maximum atomic E-state index is 12.6. The van der Waals surface area contributed by atoms with Gasteiger partial charge in [-0.15, -0.1) is 0 Å². The topological polar surface area (TPSA) is 3.24 Å². The molecule has 3 heteroatoms. The van der Waals surface area contributed by atoms with E-state index in [0.29, 0.717) is 0 Å². The summed E-state index contributed by atoms with van der Waals surface area (Å²) in [6.07, 6.45) is 0. The van der Waals surface area contributed by atoms with Crippen LogP contribution in [0.25, 0.3) is 0 Å². The molecule has 0 saturated carbocycles. The molecule has 72 valence electrons. The molecule has 0 fully saturated rings. The Morgan fingerprint density at radius 3 is 2.23 bits per heavy atom. The summed E-state index contributed by atoms with van der Waals surface area (Å²) in [7, 11) is 1.42. The minimum atomic E-state index is -0.707. The van der Waals surface area contributed by atoms with Crippen LogP contribution in [0, 0.1) is 5.82 Å². The molecule has 1 aromatic carbocycles. The first-order chi connectivity index (χ1) is 6.09. The van der Waals surface area contributed by atoms with E-state index in [-0.39, 0.29) is 5.82 Å². The van der Waals surface area contributed by atoms with Gasteiger partial charge in [0.2, 0.25) is 0 Å². The van der Waals surface area contributed by atoms with Gasteiger partial charge in [-0.05, 0) is 24.7 Å². The van der Waals surface area contributed by atoms with Crippen molar-refractivity contribution in [3.8, 4) is 0 Å². The summed E-state index contributed by atoms with van der Waals surface area (Å²) in [5, 5.41) is 0. The van der Waals surface area contributed by atoms with Gasteiger partial charge in [0.15, 0.2) is 0 Å². The first-order valence-electron chi connectivity index (χ1n) is 4.54. The highest BCUT2D eigenvalue weighted by Gasteiger charge is 2.04. The van der Waals surface area contributed by atoms with Crippen LogP contribution in [0.3, 0.4) is 0 Å². The molecule has 0 aromatic heterocycles. The SMILES string of the molecule is CN(Cc1ccc(F)cc1)[SiH](C)C. The molecule has 0 bridgehead atoms. The van der Waals surface area contributed by atoms with Crippen LogP contribution < -0.4 is 0 Å². The van der Waals surface area contributed by atoms with Gasteiger partial charge in [0.25, 0.3) is 0 Å². The average Bonchev–Trinajstić information content (AvgIpc) is 2.08. The van der Waals surface area contributed by atoms with Gasteiger partial charge in [-0.1, -0.05) is 25.2 Å². The molecule has 1 nitrogen and oxygen atoms in total. The van der Waals surface area contributed by atoms with Crippen LogP contribution >= 0.6 is 0 Å². The molecule has 0 aliphatic carbocycles. The Hall–Kier alpha value is -0.673. The second kappa shape index (κ2) is 4.53. The first kappa shape index (κ1) is 10.4. The lowest BCUT2D eigenvalue weighted by atomic mass is 10.2. The van der Waals surface area contributed by atoms with Crippen LogP contribution in [0.2, 0.25) is 13.1 Å². The molecule has 0 heterocycles. The number of benzene rings is 1. The number of rotatable bonds is 3. The lowest BCUT2D eigenvalue weighted by Gasteiger charge is -2.19. The Morgan fingerprint density at radius 2 is 1.77 bits per heavy atom. The average molecular weight is 197 g/mol. The van der Waals surface area contributed by atoms with Crippen LogP contribution in [0.1, 0.15) is 5.56 Å². The van der Waals surface area contributed by atoms with Crippen molar-refractivity contribution in [3.63, 3.8) is 0 Å². The van der Waals surface area contributed by atoms with E-state index in [4.69, 9.17) is 0 Å². The Morgan fingerprint density at radius 1 is 1.23 bits per heavy atom. The highest BCUT2D eigenvalue weighted by Crippen LogP contribution is 2.06. The fraction of sp³-hybridized carbons (Fsp3) is 0.400. The van der Waals surface area contributed by atoms with Gasteiger partial charge in [-0.25, -0.2) is 4.39 Å². The molecule has 1 aromatic rings. The van der Waals surface area contributed by atoms with Gasteiger partial charge in [-0.3, -0.25) is 0 Å². The Kier molecular flexibility index (Phi) is 3.63. The highest BCUT2D eigenvalue weighted by molar-refractivity contribution is 6.52. The van der Waals surface area contributed by atoms with Crippen LogP contribution in [0.5, 0.6) is 0 Å². The van der Waals surface area contributed by atoms with E-state index in [1.54, 1.807) is 0 Å². The zero-order valence-corrected chi connectivity index (χ0v) is 9.57. The fourth-order valence-electron chi connectivity index (χ4n) is 1.06. The maximum absolute atomic E-state index is 12.6. The van der Waals surface area contributed by atoms with Crippen molar-refractivity contribution in [2.24, 2.45) is 0 Å². The van der Waals surface area contributed by atoms with Crippen LogP contribution in [-0.4, -0.2) is 20.6 Å². The molecule has 0 aliphatic rings. The monoisotopic (exact) mass is 197 g/mol. The second-order valence-electron chi connectivity index (χ2n) is 3.64. The zero-order valence-electron chi connectivity index (χ0n) is 8.42. The van der Waals surface area contributed by atoms with E-state index >= 15 is 0 Å². The molecule has 1 rings (SSSR count). The number of hydrogen-bond donors (Lipinski definition) is 0. The van der Waals surface area contributed by atoms with Crippen LogP contribution in [-0.2, 0) is 6.54 Å². The molecule has 0 aliphatic heterocycles. The molecule has 0 amide bonds. The molecule has 0 N–H and O–H groups in total. The van der Waals surface area contributed by atoms with Crippen molar-refractivity contribution in [2.75, 3.05) is 7.05 Å². The van der Waals surface area contributed by atoms with E-state index in [1.165, 1.54) is 17.7 Å². The van der Waals surface area contributed by atoms with Crippen molar-refractivity contribution in [2.45, 2.75) is 19.6 Å². The molecule has 0 saturated heterocycles. The third-order valence-corrected chi connectivity index (χ3v) is 4.17. The van der Waals surface area contributed by atoms with Crippen molar-refractivity contribution < 1.29 is 4.39 Å². The van der Waals surface area contributed by atoms with Gasteiger partial charge in [0, 0.05) is 6.54 Å². The van der Waals surface area contributed by atoms with Gasteiger partial charge < -0.3 is 4.57 Å². The number of halogens is 1. The van der Waals surface area contributed by atoms with Crippen LogP contribution in [0.4, 0.5) is 4.39 Å². The van der Waals surface area contributed by atoms with Gasteiger partial charge in [0.05, 0.1) is 0 Å². The van der Waals surface area contributed by atoms with Crippen molar-refractivity contribution >= 4 is 8.96 Å². The van der Waals surface area contributed by atoms with E-state index < -0.39 is 8.96 Å². The molecule has 0 radical (unpaired) electrons. The molecular weight excluding hydrogens is 181 g/mol. The maximum Gasteiger partial charge on any atom is 0.123 e. The largest absolute Gasteiger partial charge is 0.325 e. The van der Waals surface area contributed by atoms with E-state index in [0.717, 1.165) is 6.54 Å². The summed E-state index contributed by atoms with van der Waals surface area (Å²) in [4.78, 5) is 0. The Balaban J connectivity index is 2.59. The summed E-state index contributed by atoms with van der Waals surface area (Å²) in [5.74, 6) is -0.159. The van der Waals surface area contributed by atoms with E-state index in [2.05, 4.69) is 24.7 Å². The third-order valence-electron chi connectivity index (χ3n) is 2.23. The lowest BCUT2D eigenvalue weighted by molar-refractivity contribution is 0.519. The summed E-state index contributed by atoms with van der Waals surface area (Å²) >= 11 is 0. The number of hydrogen-bond acceptors (Lipinski definition) is 1. The van der Waals surface area contributed by atoms with E-state index in [1.807, 2.05) is 12.1 Å². The standard InChI is InChI=1S/C10H16FNSi/c1-12(13(2)3)8-9-4-6-10(11)7-5-9/h4-7,13H,8H2,1-3H3. The van der Waals surface area contributed by atoms with Gasteiger partial charge >= 0.3 is 0 Å². The van der Waals surface area contributed by atoms with Crippen LogP contribution in [0.15, 0.2) is 24.3 Å². The van der Waals surface area contributed by atoms with Gasteiger partial charge in [-0.2, -0.15) is 0 Å². The van der Waals surface area contributed by atoms with Crippen molar-refractivity contribution in [3.05, 3.63) is 35.6 Å². The highest BCUT2D eigenvalue weighted by atomic mass is 28.3. The molecule has 13 heavy (non-hydrogen) atoms. The lowest BCUT2D eigenvalue weighted by Crippen LogP contribution is -2.29. The zero-order chi connectivity index (χ0) is 9.84. The molecule has 0 atom stereocenters. The molecule has 0 spiro atoms. The van der Waals surface area contributed by atoms with Crippen molar-refractivity contribution in [1.82, 2.24) is 4.57 Å². The summed E-state index contributed by atoms with van der Waals surface area (Å²) < 4.78 is 14.9. The predicted molar refractivity (Wildman–Crippen MR) is 56.7 cm³/mol. The molecular formula is C10H16FNSi. The Bertz CT molecular complexity index is 258. The summed E-state index contributed by atoms with van der Waals surface area (Å²) in [6, 6.07) is 6.74. The predicted octanol–water partition coefficient (Wildman–Crippen LogP) is 2.24. The first-order valence-corrected chi connectivity index (χ1v) is 7.37. The minimum Gasteiger partial charge on any atom is -0.325 e. The van der Waals surface area contributed by atoms with E-state index in [9.17, 15) is 4.39 Å². The fourth-order valence-corrected chi connectivity index (χ4v) is 1.64. The summed E-state index contributed by atoms with van der Waals surface area (Å²) in [5.41, 5.74) is 1.19. The van der Waals surface area contributed by atoms with Crippen molar-refractivity contribution in [1.29, 1.82) is 0 Å². The summed E-state index contributed by atoms with van der Waals surface area (Å²) in [6.45, 7) is 5.50. The quantitative estimate of drug-likeness (QED) is 0.672. The Labute approximate surface area is 80.9 Å².